The van der Waals surface area contributed by atoms with Gasteiger partial charge in [-0.1, -0.05) is 23.7 Å². The number of carbonyl (C=O) groups excluding carboxylic acids is 1. The summed E-state index contributed by atoms with van der Waals surface area (Å²) in [6, 6.07) is 7.38. The molecule has 10 heteroatoms. The van der Waals surface area contributed by atoms with E-state index in [-0.39, 0.29) is 24.5 Å². The number of esters is 1. The third-order valence-corrected chi connectivity index (χ3v) is 5.97. The first-order valence-corrected chi connectivity index (χ1v) is 10.2. The standard InChI is InChI=1S/C21H23ClN2O7/c1-11-19(30-21(25)13-7-17(28-2)18(8-13)31-24(26)27)16-10-29-20(15(16)9-23-11)12-3-5-14(22)6-4-12/h3-6,9,13,17-18,20,26-27H,7-8,10H2,1-2H3/t13-,17+,18+,20+/m1/s1. The van der Waals surface area contributed by atoms with Crippen LogP contribution in [0.1, 0.15) is 41.3 Å². The van der Waals surface area contributed by atoms with Gasteiger partial charge in [0.2, 0.25) is 0 Å². The predicted octanol–water partition coefficient (Wildman–Crippen LogP) is 3.37. The van der Waals surface area contributed by atoms with Gasteiger partial charge < -0.3 is 14.2 Å². The van der Waals surface area contributed by atoms with Crippen molar-refractivity contribution in [1.29, 1.82) is 0 Å². The van der Waals surface area contributed by atoms with Crippen LogP contribution in [0.5, 0.6) is 5.75 Å². The highest BCUT2D eigenvalue weighted by Crippen LogP contribution is 2.41. The number of ether oxygens (including phenoxy) is 3. The lowest BCUT2D eigenvalue weighted by Crippen LogP contribution is -2.31. The normalized spacial score (nSPS) is 25.1. The molecule has 0 radical (unpaired) electrons. The Morgan fingerprint density at radius 2 is 1.94 bits per heavy atom. The summed E-state index contributed by atoms with van der Waals surface area (Å²) in [6.07, 6.45) is 0.819. The fourth-order valence-corrected chi connectivity index (χ4v) is 4.28. The topological polar surface area (TPSA) is 111 Å². The van der Waals surface area contributed by atoms with Crippen molar-refractivity contribution in [3.8, 4) is 5.75 Å². The predicted molar refractivity (Wildman–Crippen MR) is 106 cm³/mol. The Balaban J connectivity index is 1.53. The second-order valence-corrected chi connectivity index (χ2v) is 8.05. The Bertz CT molecular complexity index is 953. The van der Waals surface area contributed by atoms with Crippen molar-refractivity contribution >= 4 is 17.6 Å². The number of rotatable bonds is 6. The Morgan fingerprint density at radius 3 is 2.61 bits per heavy atom. The molecule has 1 aliphatic carbocycles. The molecule has 9 nitrogen and oxygen atoms in total. The van der Waals surface area contributed by atoms with Gasteiger partial charge in [-0.25, -0.2) is 4.84 Å². The summed E-state index contributed by atoms with van der Waals surface area (Å²) in [5.41, 5.74) is 3.14. The van der Waals surface area contributed by atoms with Gasteiger partial charge in [-0.3, -0.25) is 20.2 Å². The Kier molecular flexibility index (Phi) is 6.54. The highest BCUT2D eigenvalue weighted by atomic mass is 35.5. The van der Waals surface area contributed by atoms with E-state index in [2.05, 4.69) is 4.98 Å². The molecule has 2 heterocycles. The minimum Gasteiger partial charge on any atom is -0.424 e. The van der Waals surface area contributed by atoms with Gasteiger partial charge >= 0.3 is 5.97 Å². The third-order valence-electron chi connectivity index (χ3n) is 5.71. The lowest BCUT2D eigenvalue weighted by molar-refractivity contribution is -0.507. The number of carbonyl (C=O) groups is 1. The molecule has 1 aromatic carbocycles. The monoisotopic (exact) mass is 450 g/mol. The molecule has 2 aliphatic rings. The van der Waals surface area contributed by atoms with Crippen molar-refractivity contribution in [2.45, 2.75) is 44.7 Å². The van der Waals surface area contributed by atoms with Gasteiger partial charge in [-0.05, 0) is 37.5 Å². The summed E-state index contributed by atoms with van der Waals surface area (Å²) < 4.78 is 17.0. The molecule has 0 saturated heterocycles. The van der Waals surface area contributed by atoms with Crippen LogP contribution in [-0.2, 0) is 25.7 Å². The zero-order valence-electron chi connectivity index (χ0n) is 17.0. The molecule has 1 fully saturated rings. The Morgan fingerprint density at radius 1 is 1.23 bits per heavy atom. The molecule has 31 heavy (non-hydrogen) atoms. The zero-order valence-corrected chi connectivity index (χ0v) is 17.8. The molecule has 1 aromatic heterocycles. The van der Waals surface area contributed by atoms with Crippen molar-refractivity contribution in [2.75, 3.05) is 7.11 Å². The third kappa shape index (κ3) is 4.58. The first kappa shape index (κ1) is 22.1. The van der Waals surface area contributed by atoms with Gasteiger partial charge in [0.15, 0.2) is 5.75 Å². The summed E-state index contributed by atoms with van der Waals surface area (Å²) in [6.45, 7) is 2.06. The Labute approximate surface area is 183 Å². The molecule has 1 aliphatic heterocycles. The number of methoxy groups -OCH3 is 1. The average Bonchev–Trinajstić information content (AvgIpc) is 3.34. The van der Waals surface area contributed by atoms with E-state index in [4.69, 9.17) is 41.1 Å². The van der Waals surface area contributed by atoms with Gasteiger partial charge in [-0.2, -0.15) is 0 Å². The SMILES string of the molecule is CO[C@H]1C[C@@H](C(=O)Oc2c(C)ncc3c2CO[C@H]3c2ccc(Cl)cc2)C[C@@H]1ON(O)O. The van der Waals surface area contributed by atoms with Gasteiger partial charge in [-0.15, -0.1) is 0 Å². The molecule has 0 spiro atoms. The van der Waals surface area contributed by atoms with E-state index in [1.807, 2.05) is 12.1 Å². The first-order chi connectivity index (χ1) is 14.9. The van der Waals surface area contributed by atoms with Crippen LogP contribution in [0.4, 0.5) is 0 Å². The molecule has 0 bridgehead atoms. The molecule has 1 saturated carbocycles. The largest absolute Gasteiger partial charge is 0.424 e. The van der Waals surface area contributed by atoms with Crippen molar-refractivity contribution in [1.82, 2.24) is 10.4 Å². The van der Waals surface area contributed by atoms with E-state index in [1.54, 1.807) is 25.3 Å². The summed E-state index contributed by atoms with van der Waals surface area (Å²) in [7, 11) is 1.47. The fourth-order valence-electron chi connectivity index (χ4n) is 4.15. The quantitative estimate of drug-likeness (QED) is 0.505. The number of pyridine rings is 1. The van der Waals surface area contributed by atoms with Crippen molar-refractivity contribution in [3.05, 3.63) is 57.9 Å². The van der Waals surface area contributed by atoms with Crippen LogP contribution in [0, 0.1) is 12.8 Å². The minimum absolute atomic E-state index is 0.223. The van der Waals surface area contributed by atoms with Crippen LogP contribution in [0.2, 0.25) is 5.02 Å². The highest BCUT2D eigenvalue weighted by molar-refractivity contribution is 6.30. The second kappa shape index (κ2) is 9.17. The van der Waals surface area contributed by atoms with Gasteiger partial charge in [0.25, 0.3) is 0 Å². The van der Waals surface area contributed by atoms with Crippen LogP contribution in [0.25, 0.3) is 0 Å². The lowest BCUT2D eigenvalue weighted by atomic mass is 10.00. The molecule has 2 N–H and O–H groups in total. The summed E-state index contributed by atoms with van der Waals surface area (Å²) in [5.74, 6) is -0.591. The van der Waals surface area contributed by atoms with Crippen LogP contribution in [-0.4, -0.2) is 46.1 Å². The maximum absolute atomic E-state index is 12.9. The molecular weight excluding hydrogens is 428 g/mol. The average molecular weight is 451 g/mol. The first-order valence-electron chi connectivity index (χ1n) is 9.82. The number of hydrogen-bond donors (Lipinski definition) is 2. The second-order valence-electron chi connectivity index (χ2n) is 7.61. The van der Waals surface area contributed by atoms with Crippen LogP contribution < -0.4 is 4.74 Å². The van der Waals surface area contributed by atoms with Crippen LogP contribution >= 0.6 is 11.6 Å². The molecule has 0 unspecified atom stereocenters. The molecular formula is C21H23ClN2O7. The molecule has 166 valence electrons. The smallest absolute Gasteiger partial charge is 0.314 e. The summed E-state index contributed by atoms with van der Waals surface area (Å²) in [4.78, 5) is 22.2. The van der Waals surface area contributed by atoms with E-state index in [1.165, 1.54) is 7.11 Å². The van der Waals surface area contributed by atoms with Gasteiger partial charge in [0, 0.05) is 29.5 Å². The van der Waals surface area contributed by atoms with E-state index in [0.717, 1.165) is 16.7 Å². The van der Waals surface area contributed by atoms with Crippen molar-refractivity contribution in [2.24, 2.45) is 5.92 Å². The van der Waals surface area contributed by atoms with E-state index < -0.39 is 24.1 Å². The molecule has 4 rings (SSSR count). The molecule has 4 atom stereocenters. The van der Waals surface area contributed by atoms with Gasteiger partial charge in [0.1, 0.15) is 12.2 Å². The van der Waals surface area contributed by atoms with E-state index in [9.17, 15) is 4.79 Å². The van der Waals surface area contributed by atoms with Crippen molar-refractivity contribution in [3.63, 3.8) is 0 Å². The number of nitrogens with zero attached hydrogens (tertiary/aromatic N) is 2. The maximum atomic E-state index is 12.9. The number of fused-ring (bicyclic) bond motifs is 1. The Hall–Kier alpha value is -2.11. The minimum atomic E-state index is -0.684. The number of halogens is 1. The zero-order chi connectivity index (χ0) is 22.1. The maximum Gasteiger partial charge on any atom is 0.314 e. The fraction of sp³-hybridized carbons (Fsp3) is 0.429. The number of hydrogen-bond acceptors (Lipinski definition) is 9. The van der Waals surface area contributed by atoms with Crippen LogP contribution in [0.15, 0.2) is 30.5 Å². The highest BCUT2D eigenvalue weighted by Gasteiger charge is 2.42. The number of aromatic nitrogens is 1. The number of aryl methyl sites for hydroxylation is 1. The van der Waals surface area contributed by atoms with E-state index in [0.29, 0.717) is 22.9 Å². The summed E-state index contributed by atoms with van der Waals surface area (Å²) >= 11 is 5.98. The van der Waals surface area contributed by atoms with E-state index >= 15 is 0 Å². The number of benzene rings is 1. The molecule has 0 amide bonds. The molecule has 2 aromatic rings. The summed E-state index contributed by atoms with van der Waals surface area (Å²) in [5, 5.41) is 18.1. The van der Waals surface area contributed by atoms with Gasteiger partial charge in [0.05, 0.1) is 29.7 Å². The van der Waals surface area contributed by atoms with Crippen LogP contribution in [0.3, 0.4) is 0 Å². The van der Waals surface area contributed by atoms with Crippen molar-refractivity contribution < 1.29 is 34.3 Å². The lowest BCUT2D eigenvalue weighted by Gasteiger charge is -2.18.